The maximum atomic E-state index is 13.0. The zero-order valence-electron chi connectivity index (χ0n) is 17.1. The first-order chi connectivity index (χ1) is 14.8. The average Bonchev–Trinajstić information content (AvgIpc) is 3.47. The van der Waals surface area contributed by atoms with Gasteiger partial charge in [0.15, 0.2) is 0 Å². The lowest BCUT2D eigenvalue weighted by atomic mass is 10.1. The first-order valence-corrected chi connectivity index (χ1v) is 10.6. The maximum Gasteiger partial charge on any atom is 0.247 e. The third-order valence-electron chi connectivity index (χ3n) is 5.29. The van der Waals surface area contributed by atoms with E-state index in [4.69, 9.17) is 9.15 Å². The van der Waals surface area contributed by atoms with Crippen LogP contribution >= 0.6 is 0 Å². The molecule has 1 fully saturated rings. The van der Waals surface area contributed by atoms with Crippen LogP contribution in [0.5, 0.6) is 0 Å². The summed E-state index contributed by atoms with van der Waals surface area (Å²) < 4.78 is 11.5. The number of nitrogens with zero attached hydrogens (tertiary/aromatic N) is 3. The van der Waals surface area contributed by atoms with E-state index in [1.165, 1.54) is 0 Å². The summed E-state index contributed by atoms with van der Waals surface area (Å²) in [6.07, 6.45) is 3.93. The number of hydrogen-bond acceptors (Lipinski definition) is 5. The van der Waals surface area contributed by atoms with Gasteiger partial charge in [-0.3, -0.25) is 4.79 Å². The quantitative estimate of drug-likeness (QED) is 0.532. The molecule has 1 aliphatic rings. The summed E-state index contributed by atoms with van der Waals surface area (Å²) in [4.78, 5) is 14.9. The van der Waals surface area contributed by atoms with E-state index in [1.54, 1.807) is 0 Å². The first kappa shape index (κ1) is 20.3. The van der Waals surface area contributed by atoms with E-state index in [9.17, 15) is 4.79 Å². The standard InChI is InChI=1S/C24H27N3O3/c28-23(15-7-14-22-25-26-24(30-22)20-11-5-2-6-12-20)27(18-21-13-8-16-29-21)17-19-9-3-1-4-10-19/h1-6,9-12,21H,7-8,13-18H2/t21-/m1/s1. The predicted octanol–water partition coefficient (Wildman–Crippen LogP) is 4.27. The van der Waals surface area contributed by atoms with Crippen LogP contribution in [0.3, 0.4) is 0 Å². The number of aryl methyl sites for hydroxylation is 1. The Hall–Kier alpha value is -2.99. The van der Waals surface area contributed by atoms with Crippen LogP contribution in [0.1, 0.15) is 37.1 Å². The molecule has 1 atom stereocenters. The highest BCUT2D eigenvalue weighted by Gasteiger charge is 2.22. The Morgan fingerprint density at radius 1 is 1.03 bits per heavy atom. The molecule has 6 nitrogen and oxygen atoms in total. The molecule has 1 saturated heterocycles. The molecular formula is C24H27N3O3. The van der Waals surface area contributed by atoms with Crippen LogP contribution in [0, 0.1) is 0 Å². The molecule has 3 aromatic rings. The second-order valence-corrected chi connectivity index (χ2v) is 7.62. The molecule has 0 saturated carbocycles. The highest BCUT2D eigenvalue weighted by Crippen LogP contribution is 2.19. The van der Waals surface area contributed by atoms with Gasteiger partial charge < -0.3 is 14.1 Å². The number of aromatic nitrogens is 2. The van der Waals surface area contributed by atoms with E-state index in [1.807, 2.05) is 53.4 Å². The molecule has 0 aliphatic carbocycles. The van der Waals surface area contributed by atoms with Crippen LogP contribution in [-0.2, 0) is 22.5 Å². The summed E-state index contributed by atoms with van der Waals surface area (Å²) in [5.74, 6) is 1.22. The molecule has 0 spiro atoms. The van der Waals surface area contributed by atoms with E-state index in [-0.39, 0.29) is 12.0 Å². The molecule has 0 radical (unpaired) electrons. The Labute approximate surface area is 176 Å². The smallest absolute Gasteiger partial charge is 0.247 e. The number of rotatable bonds is 9. The number of amides is 1. The minimum Gasteiger partial charge on any atom is -0.421 e. The van der Waals surface area contributed by atoms with Crippen molar-refractivity contribution < 1.29 is 13.9 Å². The molecule has 2 heterocycles. The summed E-state index contributed by atoms with van der Waals surface area (Å²) in [6, 6.07) is 19.8. The second-order valence-electron chi connectivity index (χ2n) is 7.62. The van der Waals surface area contributed by atoms with Crippen LogP contribution in [0.4, 0.5) is 0 Å². The Kier molecular flexibility index (Phi) is 6.87. The summed E-state index contributed by atoms with van der Waals surface area (Å²) in [6.45, 7) is 2.05. The van der Waals surface area contributed by atoms with Crippen LogP contribution in [0.2, 0.25) is 0 Å². The largest absolute Gasteiger partial charge is 0.421 e. The monoisotopic (exact) mass is 405 g/mol. The van der Waals surface area contributed by atoms with Crippen LogP contribution < -0.4 is 0 Å². The van der Waals surface area contributed by atoms with Gasteiger partial charge in [-0.25, -0.2) is 0 Å². The first-order valence-electron chi connectivity index (χ1n) is 10.6. The van der Waals surface area contributed by atoms with Crippen molar-refractivity contribution in [1.82, 2.24) is 15.1 Å². The van der Waals surface area contributed by atoms with Crippen molar-refractivity contribution >= 4 is 5.91 Å². The lowest BCUT2D eigenvalue weighted by molar-refractivity contribution is -0.133. The zero-order valence-corrected chi connectivity index (χ0v) is 17.1. The summed E-state index contributed by atoms with van der Waals surface area (Å²) in [5, 5.41) is 8.24. The van der Waals surface area contributed by atoms with Crippen molar-refractivity contribution in [2.24, 2.45) is 0 Å². The second kappa shape index (κ2) is 10.2. The molecule has 0 bridgehead atoms. The molecule has 0 unspecified atom stereocenters. The average molecular weight is 405 g/mol. The van der Waals surface area contributed by atoms with Crippen LogP contribution in [0.25, 0.3) is 11.5 Å². The molecule has 30 heavy (non-hydrogen) atoms. The third kappa shape index (κ3) is 5.54. The van der Waals surface area contributed by atoms with Crippen molar-refractivity contribution in [2.45, 2.75) is 44.8 Å². The number of carbonyl (C=O) groups excluding carboxylic acids is 1. The SMILES string of the molecule is O=C(CCCc1nnc(-c2ccccc2)o1)N(Cc1ccccc1)C[C@H]1CCCO1. The number of hydrogen-bond donors (Lipinski definition) is 0. The van der Waals surface area contributed by atoms with E-state index >= 15 is 0 Å². The summed E-state index contributed by atoms with van der Waals surface area (Å²) >= 11 is 0. The van der Waals surface area contributed by atoms with Crippen LogP contribution in [-0.4, -0.2) is 40.3 Å². The minimum atomic E-state index is 0.136. The topological polar surface area (TPSA) is 68.5 Å². The summed E-state index contributed by atoms with van der Waals surface area (Å²) in [7, 11) is 0. The maximum absolute atomic E-state index is 13.0. The normalized spacial score (nSPS) is 15.9. The molecule has 2 aromatic carbocycles. The molecule has 1 amide bonds. The fraction of sp³-hybridized carbons (Fsp3) is 0.375. The van der Waals surface area contributed by atoms with Gasteiger partial charge in [-0.05, 0) is 37.0 Å². The highest BCUT2D eigenvalue weighted by molar-refractivity contribution is 5.76. The molecular weight excluding hydrogens is 378 g/mol. The molecule has 1 aromatic heterocycles. The fourth-order valence-corrected chi connectivity index (χ4v) is 3.69. The zero-order chi connectivity index (χ0) is 20.6. The van der Waals surface area contributed by atoms with E-state index < -0.39 is 0 Å². The van der Waals surface area contributed by atoms with Gasteiger partial charge in [-0.15, -0.1) is 10.2 Å². The number of ether oxygens (including phenoxy) is 1. The van der Waals surface area contributed by atoms with E-state index in [0.29, 0.717) is 44.1 Å². The minimum absolute atomic E-state index is 0.136. The van der Waals surface area contributed by atoms with E-state index in [0.717, 1.165) is 30.6 Å². The summed E-state index contributed by atoms with van der Waals surface area (Å²) in [5.41, 5.74) is 2.03. The van der Waals surface area contributed by atoms with Gasteiger partial charge in [0.25, 0.3) is 0 Å². The van der Waals surface area contributed by atoms with Gasteiger partial charge in [0.05, 0.1) is 6.10 Å². The molecule has 1 aliphatic heterocycles. The van der Waals surface area contributed by atoms with Crippen molar-refractivity contribution in [3.63, 3.8) is 0 Å². The van der Waals surface area contributed by atoms with Gasteiger partial charge in [0, 0.05) is 38.1 Å². The van der Waals surface area contributed by atoms with Crippen molar-refractivity contribution in [3.8, 4) is 11.5 Å². The van der Waals surface area contributed by atoms with Gasteiger partial charge in [0.1, 0.15) is 0 Å². The fourth-order valence-electron chi connectivity index (χ4n) is 3.69. The number of carbonyl (C=O) groups is 1. The Balaban J connectivity index is 1.32. The van der Waals surface area contributed by atoms with Crippen molar-refractivity contribution in [3.05, 3.63) is 72.1 Å². The lowest BCUT2D eigenvalue weighted by Gasteiger charge is -2.25. The van der Waals surface area contributed by atoms with Gasteiger partial charge in [0.2, 0.25) is 17.7 Å². The Morgan fingerprint density at radius 2 is 1.80 bits per heavy atom. The predicted molar refractivity (Wildman–Crippen MR) is 114 cm³/mol. The lowest BCUT2D eigenvalue weighted by Crippen LogP contribution is -2.36. The van der Waals surface area contributed by atoms with Crippen molar-refractivity contribution in [1.29, 1.82) is 0 Å². The van der Waals surface area contributed by atoms with Crippen molar-refractivity contribution in [2.75, 3.05) is 13.2 Å². The Bertz CT molecular complexity index is 921. The third-order valence-corrected chi connectivity index (χ3v) is 5.29. The molecule has 156 valence electrons. The molecule has 0 N–H and O–H groups in total. The number of benzene rings is 2. The highest BCUT2D eigenvalue weighted by atomic mass is 16.5. The molecule has 4 rings (SSSR count). The Morgan fingerprint density at radius 3 is 2.53 bits per heavy atom. The van der Waals surface area contributed by atoms with Gasteiger partial charge in [-0.1, -0.05) is 48.5 Å². The van der Waals surface area contributed by atoms with Gasteiger partial charge >= 0.3 is 0 Å². The van der Waals surface area contributed by atoms with Gasteiger partial charge in [-0.2, -0.15) is 0 Å². The molecule has 6 heteroatoms. The van der Waals surface area contributed by atoms with Crippen LogP contribution in [0.15, 0.2) is 65.1 Å². The van der Waals surface area contributed by atoms with E-state index in [2.05, 4.69) is 22.3 Å².